The van der Waals surface area contributed by atoms with E-state index in [1.54, 1.807) is 0 Å². The maximum absolute atomic E-state index is 10.4. The lowest BCUT2D eigenvalue weighted by Gasteiger charge is -2.18. The Bertz CT molecular complexity index is 153. The van der Waals surface area contributed by atoms with E-state index in [2.05, 4.69) is 0 Å². The van der Waals surface area contributed by atoms with E-state index >= 15 is 0 Å². The zero-order chi connectivity index (χ0) is 8.36. The summed E-state index contributed by atoms with van der Waals surface area (Å²) < 4.78 is 0. The lowest BCUT2D eigenvalue weighted by atomic mass is 10.0. The van der Waals surface area contributed by atoms with Gasteiger partial charge in [0.15, 0.2) is 5.54 Å². The Morgan fingerprint density at radius 2 is 1.50 bits per heavy atom. The summed E-state index contributed by atoms with van der Waals surface area (Å²) in [6.07, 6.45) is 0. The van der Waals surface area contributed by atoms with Crippen LogP contribution in [-0.2, 0) is 9.59 Å². The van der Waals surface area contributed by atoms with Crippen LogP contribution in [0, 0.1) is 0 Å². The maximum atomic E-state index is 10.4. The van der Waals surface area contributed by atoms with Gasteiger partial charge in [0.1, 0.15) is 0 Å². The fourth-order valence-electron chi connectivity index (χ4n) is 0.323. The fraction of sp³-hybridized carbons (Fsp3) is 0.500. The summed E-state index contributed by atoms with van der Waals surface area (Å²) in [6, 6.07) is 0. The molecule has 0 fully saturated rings. The smallest absolute Gasteiger partial charge is 0.248 e. The second-order valence-corrected chi connectivity index (χ2v) is 1.90. The van der Waals surface area contributed by atoms with E-state index in [1.807, 2.05) is 0 Å². The fourth-order valence-corrected chi connectivity index (χ4v) is 0.323. The minimum atomic E-state index is -1.90. The molecule has 6 nitrogen and oxygen atoms in total. The molecule has 0 aliphatic rings. The van der Waals surface area contributed by atoms with E-state index in [0.717, 1.165) is 0 Å². The van der Waals surface area contributed by atoms with E-state index < -0.39 is 17.4 Å². The van der Waals surface area contributed by atoms with Crippen LogP contribution in [0.4, 0.5) is 0 Å². The van der Waals surface area contributed by atoms with E-state index in [1.165, 1.54) is 0 Å². The number of rotatable bonds is 3. The normalized spacial score (nSPS) is 11.0. The van der Waals surface area contributed by atoms with Crippen molar-refractivity contribution in [3.05, 3.63) is 0 Å². The molecule has 0 saturated heterocycles. The van der Waals surface area contributed by atoms with Crippen molar-refractivity contribution in [3.63, 3.8) is 0 Å². The largest absolute Gasteiger partial charge is 0.368 e. The average Bonchev–Trinajstić information content (AvgIpc) is 1.85. The molecule has 0 aromatic rings. The lowest BCUT2D eigenvalue weighted by Crippen LogP contribution is -2.65. The van der Waals surface area contributed by atoms with Crippen LogP contribution in [0.15, 0.2) is 0 Å². The van der Waals surface area contributed by atoms with Gasteiger partial charge in [-0.2, -0.15) is 0 Å². The van der Waals surface area contributed by atoms with Crippen molar-refractivity contribution in [2.45, 2.75) is 5.54 Å². The van der Waals surface area contributed by atoms with Crippen LogP contribution < -0.4 is 22.9 Å². The van der Waals surface area contributed by atoms with Gasteiger partial charge >= 0.3 is 0 Å². The standard InChI is InChI=1S/C4H10N4O2/c5-1-4(8,2(6)9)3(7)10/h1,5,8H2,(H2,6,9)(H2,7,10). The summed E-state index contributed by atoms with van der Waals surface area (Å²) in [6.45, 7) is -0.377. The first kappa shape index (κ1) is 8.86. The van der Waals surface area contributed by atoms with Crippen LogP contribution >= 0.6 is 0 Å². The molecule has 8 N–H and O–H groups in total. The van der Waals surface area contributed by atoms with Crippen molar-refractivity contribution < 1.29 is 9.59 Å². The van der Waals surface area contributed by atoms with Gasteiger partial charge in [0, 0.05) is 6.54 Å². The molecule has 0 rings (SSSR count). The minimum Gasteiger partial charge on any atom is -0.368 e. The van der Waals surface area contributed by atoms with Crippen LogP contribution in [-0.4, -0.2) is 23.9 Å². The minimum absolute atomic E-state index is 0.377. The highest BCUT2D eigenvalue weighted by molar-refractivity contribution is 6.08. The molecule has 6 heteroatoms. The zero-order valence-electron chi connectivity index (χ0n) is 5.33. The number of carbonyl (C=O) groups excluding carboxylic acids is 2. The second-order valence-electron chi connectivity index (χ2n) is 1.90. The highest BCUT2D eigenvalue weighted by atomic mass is 16.2. The van der Waals surface area contributed by atoms with E-state index in [4.69, 9.17) is 22.9 Å². The van der Waals surface area contributed by atoms with Crippen LogP contribution in [0.2, 0.25) is 0 Å². The van der Waals surface area contributed by atoms with Crippen LogP contribution in [0.5, 0.6) is 0 Å². The van der Waals surface area contributed by atoms with Gasteiger partial charge in [-0.3, -0.25) is 9.59 Å². The molecule has 0 aliphatic carbocycles. The molecule has 0 spiro atoms. The van der Waals surface area contributed by atoms with E-state index in [-0.39, 0.29) is 6.54 Å². The summed E-state index contributed by atoms with van der Waals surface area (Å²) in [4.78, 5) is 20.8. The highest BCUT2D eigenvalue weighted by Crippen LogP contribution is 1.93. The first-order chi connectivity index (χ1) is 4.45. The average molecular weight is 146 g/mol. The van der Waals surface area contributed by atoms with Crippen molar-refractivity contribution >= 4 is 11.8 Å². The molecule has 0 heterocycles. The Morgan fingerprint density at radius 1 is 1.20 bits per heavy atom. The highest BCUT2D eigenvalue weighted by Gasteiger charge is 2.36. The summed E-state index contributed by atoms with van der Waals surface area (Å²) in [5.74, 6) is -2.02. The summed E-state index contributed by atoms with van der Waals surface area (Å²) >= 11 is 0. The van der Waals surface area contributed by atoms with Crippen molar-refractivity contribution in [1.82, 2.24) is 0 Å². The first-order valence-corrected chi connectivity index (χ1v) is 2.54. The van der Waals surface area contributed by atoms with Crippen LogP contribution in [0.1, 0.15) is 0 Å². The number of carbonyl (C=O) groups is 2. The molecule has 0 saturated carbocycles. The molecule has 58 valence electrons. The molecule has 0 radical (unpaired) electrons. The first-order valence-electron chi connectivity index (χ1n) is 2.54. The van der Waals surface area contributed by atoms with Crippen molar-refractivity contribution in [3.8, 4) is 0 Å². The van der Waals surface area contributed by atoms with Crippen molar-refractivity contribution in [2.24, 2.45) is 22.9 Å². The number of nitrogens with two attached hydrogens (primary N) is 4. The van der Waals surface area contributed by atoms with Gasteiger partial charge < -0.3 is 22.9 Å². The molecule has 2 amide bonds. The van der Waals surface area contributed by atoms with E-state index in [9.17, 15) is 9.59 Å². The number of amides is 2. The third-order valence-corrected chi connectivity index (χ3v) is 1.20. The van der Waals surface area contributed by atoms with Gasteiger partial charge in [-0.05, 0) is 0 Å². The molecule has 0 unspecified atom stereocenters. The van der Waals surface area contributed by atoms with Gasteiger partial charge in [-0.25, -0.2) is 0 Å². The Hall–Kier alpha value is -1.14. The Kier molecular flexibility index (Phi) is 2.33. The molecule has 0 aliphatic heterocycles. The summed E-state index contributed by atoms with van der Waals surface area (Å²) in [5.41, 5.74) is 17.7. The molecule has 0 aromatic carbocycles. The predicted molar refractivity (Wildman–Crippen MR) is 34.4 cm³/mol. The zero-order valence-corrected chi connectivity index (χ0v) is 5.33. The van der Waals surface area contributed by atoms with Crippen LogP contribution in [0.25, 0.3) is 0 Å². The molecular formula is C4H10N4O2. The van der Waals surface area contributed by atoms with E-state index in [0.29, 0.717) is 0 Å². The SMILES string of the molecule is NCC(N)(C(N)=O)C(N)=O. The number of primary amides is 2. The summed E-state index contributed by atoms with van der Waals surface area (Å²) in [7, 11) is 0. The molecule has 0 aromatic heterocycles. The quantitative estimate of drug-likeness (QED) is 0.308. The molecule has 0 bridgehead atoms. The third kappa shape index (κ3) is 1.23. The molecule has 0 atom stereocenters. The second kappa shape index (κ2) is 2.63. The van der Waals surface area contributed by atoms with Gasteiger partial charge in [-0.1, -0.05) is 0 Å². The van der Waals surface area contributed by atoms with Crippen molar-refractivity contribution in [1.29, 1.82) is 0 Å². The lowest BCUT2D eigenvalue weighted by molar-refractivity contribution is -0.132. The van der Waals surface area contributed by atoms with Crippen molar-refractivity contribution in [2.75, 3.05) is 6.54 Å². The van der Waals surface area contributed by atoms with Gasteiger partial charge in [0.2, 0.25) is 11.8 Å². The number of hydrogen-bond acceptors (Lipinski definition) is 4. The maximum Gasteiger partial charge on any atom is 0.248 e. The Morgan fingerprint density at radius 3 is 1.50 bits per heavy atom. The van der Waals surface area contributed by atoms with Crippen LogP contribution in [0.3, 0.4) is 0 Å². The third-order valence-electron chi connectivity index (χ3n) is 1.20. The Balaban J connectivity index is 4.55. The monoisotopic (exact) mass is 146 g/mol. The number of hydrogen-bond donors (Lipinski definition) is 4. The topological polar surface area (TPSA) is 138 Å². The summed E-state index contributed by atoms with van der Waals surface area (Å²) in [5, 5.41) is 0. The molecule has 10 heavy (non-hydrogen) atoms. The predicted octanol–water partition coefficient (Wildman–Crippen LogP) is -3.39. The van der Waals surface area contributed by atoms with Gasteiger partial charge in [0.05, 0.1) is 0 Å². The van der Waals surface area contributed by atoms with Gasteiger partial charge in [0.25, 0.3) is 0 Å². The molecular weight excluding hydrogens is 136 g/mol. The van der Waals surface area contributed by atoms with Gasteiger partial charge in [-0.15, -0.1) is 0 Å². The Labute approximate surface area is 57.5 Å².